The van der Waals surface area contributed by atoms with Crippen molar-refractivity contribution < 1.29 is 51.1 Å². The molecule has 0 amide bonds. The van der Waals surface area contributed by atoms with Crippen molar-refractivity contribution in [1.29, 1.82) is 0 Å². The second kappa shape index (κ2) is 9.50. The van der Waals surface area contributed by atoms with Gasteiger partial charge in [0.05, 0.1) is 19.4 Å². The molecule has 0 aromatic carbocycles. The molecule has 0 aromatic heterocycles. The first kappa shape index (κ1) is 17.7. The Balaban J connectivity index is 0. The van der Waals surface area contributed by atoms with Gasteiger partial charge in [-0.05, 0) is 13.8 Å². The molecule has 0 aliphatic carbocycles. The van der Waals surface area contributed by atoms with Gasteiger partial charge < -0.3 is 13.8 Å². The van der Waals surface area contributed by atoms with Gasteiger partial charge in [0.1, 0.15) is 0 Å². The second-order valence-electron chi connectivity index (χ2n) is 2.18. The number of carbonyl (C=O) groups excluding carboxylic acids is 1. The van der Waals surface area contributed by atoms with E-state index in [0.29, 0.717) is 0 Å². The molecular weight excluding hydrogens is 348 g/mol. The first-order chi connectivity index (χ1) is 6.08. The first-order valence-electron chi connectivity index (χ1n) is 3.92. The van der Waals surface area contributed by atoms with Gasteiger partial charge in [-0.1, -0.05) is 0 Å². The summed E-state index contributed by atoms with van der Waals surface area (Å²) in [7, 11) is -3.20. The maximum absolute atomic E-state index is 11.7. The molecule has 0 unspecified atom stereocenters. The third kappa shape index (κ3) is 7.55. The van der Waals surface area contributed by atoms with Crippen molar-refractivity contribution in [3.8, 4) is 0 Å². The van der Waals surface area contributed by atoms with E-state index in [1.807, 2.05) is 0 Å². The summed E-state index contributed by atoms with van der Waals surface area (Å²) in [6, 6.07) is 0. The van der Waals surface area contributed by atoms with E-state index in [-0.39, 0.29) is 57.9 Å². The first-order valence-corrected chi connectivity index (χ1v) is 6.56. The molecule has 0 N–H and O–H groups in total. The topological polar surface area (TPSA) is 52.6 Å². The average molecular weight is 361 g/mol. The van der Waals surface area contributed by atoms with E-state index in [1.54, 1.807) is 13.8 Å². The molecule has 81 valence electrons. The fourth-order valence-corrected chi connectivity index (χ4v) is 2.68. The normalized spacial score (nSPS) is 10.5. The predicted molar refractivity (Wildman–Crippen MR) is 54.0 cm³/mol. The van der Waals surface area contributed by atoms with Gasteiger partial charge in [0.2, 0.25) is 0 Å². The summed E-state index contributed by atoms with van der Waals surface area (Å²) in [4.78, 5) is 10.9. The minimum atomic E-state index is -3.20. The van der Waals surface area contributed by atoms with Crippen molar-refractivity contribution >= 4 is 29.3 Å². The van der Waals surface area contributed by atoms with E-state index in [2.05, 4.69) is 15.9 Å². The summed E-state index contributed by atoms with van der Waals surface area (Å²) in [5.74, 6) is -0.301. The van der Waals surface area contributed by atoms with Crippen molar-refractivity contribution in [2.45, 2.75) is 13.8 Å². The smallest absolute Gasteiger partial charge is 0.333 e. The molecule has 0 heterocycles. The summed E-state index contributed by atoms with van der Waals surface area (Å²) in [6.07, 6.45) is -0.208. The van der Waals surface area contributed by atoms with E-state index in [4.69, 9.17) is 9.05 Å². The van der Waals surface area contributed by atoms with Crippen LogP contribution in [0, 0.1) is 5.33 Å². The summed E-state index contributed by atoms with van der Waals surface area (Å²) in [5.41, 5.74) is 0. The van der Waals surface area contributed by atoms with E-state index in [1.165, 1.54) is 5.33 Å². The molecule has 4 nitrogen and oxygen atoms in total. The zero-order valence-electron chi connectivity index (χ0n) is 8.23. The van der Waals surface area contributed by atoms with Crippen LogP contribution in [0.15, 0.2) is 0 Å². The van der Waals surface area contributed by atoms with Crippen molar-refractivity contribution in [2.75, 3.05) is 19.4 Å². The number of hydrogen-bond acceptors (Lipinski definition) is 4. The van der Waals surface area contributed by atoms with E-state index < -0.39 is 7.60 Å². The van der Waals surface area contributed by atoms with Gasteiger partial charge in [-0.3, -0.25) is 25.8 Å². The van der Waals surface area contributed by atoms with E-state index in [0.717, 1.165) is 0 Å². The third-order valence-corrected chi connectivity index (χ3v) is 3.64. The van der Waals surface area contributed by atoms with Gasteiger partial charge in [0, 0.05) is 38.5 Å². The van der Waals surface area contributed by atoms with Crippen molar-refractivity contribution in [1.82, 2.24) is 0 Å². The Kier molecular flexibility index (Phi) is 12.0. The van der Waals surface area contributed by atoms with Crippen LogP contribution in [0.5, 0.6) is 0 Å². The Hall–Kier alpha value is 1.27. The van der Waals surface area contributed by atoms with Crippen molar-refractivity contribution in [2.24, 2.45) is 0 Å². The minimum absolute atomic E-state index is 0. The summed E-state index contributed by atoms with van der Waals surface area (Å²) < 4.78 is 21.5. The number of Topliss-reactive ketones (excluding diaryl/α,β-unsaturated/α-hetero) is 1. The quantitative estimate of drug-likeness (QED) is 0.516. The number of halogens is 1. The third-order valence-electron chi connectivity index (χ3n) is 1.12. The molecule has 0 fully saturated rings. The number of carbonyl (C=O) groups is 1. The standard InChI is InChI=1S/C7H13BrO4P.Y/c1-3-11-13(10,12-4-2)6-7(9)5-8;/h5H,3-4,6H2,1-2H3;/q-1;. The Morgan fingerprint density at radius 1 is 1.36 bits per heavy atom. The molecule has 0 aromatic rings. The number of rotatable bonds is 7. The van der Waals surface area contributed by atoms with Crippen LogP contribution in [0.25, 0.3) is 0 Å². The molecule has 0 spiro atoms. The summed E-state index contributed by atoms with van der Waals surface area (Å²) in [5, 5.41) is 1.18. The van der Waals surface area contributed by atoms with Crippen LogP contribution in [0.2, 0.25) is 0 Å². The molecule has 0 rings (SSSR count). The largest absolute Gasteiger partial charge is 0.335 e. The van der Waals surface area contributed by atoms with Gasteiger partial charge in [-0.15, -0.1) is 0 Å². The average Bonchev–Trinajstić information content (AvgIpc) is 2.04. The fourth-order valence-electron chi connectivity index (χ4n) is 0.747. The Morgan fingerprint density at radius 2 is 1.79 bits per heavy atom. The Bertz CT molecular complexity index is 202. The molecular formula is C7H13BrO4PY-. The monoisotopic (exact) mass is 360 g/mol. The van der Waals surface area contributed by atoms with Gasteiger partial charge in [-0.2, -0.15) is 0 Å². The summed E-state index contributed by atoms with van der Waals surface area (Å²) >= 11 is 2.86. The summed E-state index contributed by atoms with van der Waals surface area (Å²) in [6.45, 7) is 3.95. The van der Waals surface area contributed by atoms with Crippen molar-refractivity contribution in [3.05, 3.63) is 5.33 Å². The van der Waals surface area contributed by atoms with Crippen LogP contribution in [0.3, 0.4) is 0 Å². The molecule has 0 atom stereocenters. The van der Waals surface area contributed by atoms with E-state index in [9.17, 15) is 9.36 Å². The molecule has 14 heavy (non-hydrogen) atoms. The van der Waals surface area contributed by atoms with Gasteiger partial charge >= 0.3 is 7.60 Å². The SMILES string of the molecule is CCOP(=O)(CC(=O)[CH-]Br)OCC.[Y]. The number of hydrogen-bond donors (Lipinski definition) is 0. The molecule has 0 aliphatic heterocycles. The molecule has 0 aliphatic rings. The maximum atomic E-state index is 11.7. The maximum Gasteiger partial charge on any atom is 0.335 e. The molecule has 7 heteroatoms. The Morgan fingerprint density at radius 3 is 2.07 bits per heavy atom. The predicted octanol–water partition coefficient (Wildman–Crippen LogP) is 2.38. The second-order valence-corrected chi connectivity index (χ2v) is 4.69. The van der Waals surface area contributed by atoms with Crippen LogP contribution in [-0.2, 0) is 51.1 Å². The minimum Gasteiger partial charge on any atom is -0.333 e. The van der Waals surface area contributed by atoms with Crippen LogP contribution >= 0.6 is 23.5 Å². The van der Waals surface area contributed by atoms with Crippen LogP contribution in [-0.4, -0.2) is 25.2 Å². The van der Waals surface area contributed by atoms with Gasteiger partial charge in [0.15, 0.2) is 0 Å². The van der Waals surface area contributed by atoms with Gasteiger partial charge in [0.25, 0.3) is 0 Å². The van der Waals surface area contributed by atoms with Crippen LogP contribution in [0.4, 0.5) is 0 Å². The molecule has 1 radical (unpaired) electrons. The zero-order chi connectivity index (χ0) is 10.3. The van der Waals surface area contributed by atoms with Crippen LogP contribution < -0.4 is 0 Å². The zero-order valence-corrected chi connectivity index (χ0v) is 13.6. The van der Waals surface area contributed by atoms with Crippen molar-refractivity contribution in [3.63, 3.8) is 0 Å². The van der Waals surface area contributed by atoms with E-state index >= 15 is 0 Å². The fraction of sp³-hybridized carbons (Fsp3) is 0.714. The Labute approximate surface area is 118 Å². The molecule has 0 saturated heterocycles. The number of ketones is 1. The molecule has 0 saturated carbocycles. The van der Waals surface area contributed by atoms with Gasteiger partial charge in [-0.25, -0.2) is 0 Å². The van der Waals surface area contributed by atoms with Crippen LogP contribution in [0.1, 0.15) is 13.8 Å². The molecule has 0 bridgehead atoms.